The van der Waals surface area contributed by atoms with Crippen LogP contribution < -0.4 is 5.73 Å². The Kier molecular flexibility index (Phi) is 4.67. The summed E-state index contributed by atoms with van der Waals surface area (Å²) in [6.07, 6.45) is 0. The van der Waals surface area contributed by atoms with E-state index in [1.807, 2.05) is 18.2 Å². The molecule has 0 amide bonds. The Hall–Kier alpha value is -0.550. The number of nitrogen functional groups attached to an aromatic ring is 1. The van der Waals surface area contributed by atoms with Crippen molar-refractivity contribution in [1.29, 1.82) is 0 Å². The van der Waals surface area contributed by atoms with Crippen molar-refractivity contribution in [2.45, 2.75) is 13.1 Å². The minimum Gasteiger partial charge on any atom is -0.399 e. The Labute approximate surface area is 124 Å². The summed E-state index contributed by atoms with van der Waals surface area (Å²) in [5.41, 5.74) is 7.74. The van der Waals surface area contributed by atoms with Gasteiger partial charge in [-0.15, -0.1) is 11.3 Å². The van der Waals surface area contributed by atoms with E-state index in [9.17, 15) is 0 Å². The van der Waals surface area contributed by atoms with Crippen molar-refractivity contribution in [3.05, 3.63) is 49.6 Å². The lowest BCUT2D eigenvalue weighted by Crippen LogP contribution is -2.16. The van der Waals surface area contributed by atoms with E-state index in [-0.39, 0.29) is 0 Å². The van der Waals surface area contributed by atoms with Crippen molar-refractivity contribution in [1.82, 2.24) is 4.90 Å². The first-order chi connectivity index (χ1) is 8.54. The Morgan fingerprint density at radius 2 is 2.06 bits per heavy atom. The fraction of sp³-hybridized carbons (Fsp3) is 0.231. The van der Waals surface area contributed by atoms with Crippen LogP contribution in [0.2, 0.25) is 4.34 Å². The van der Waals surface area contributed by atoms with Gasteiger partial charge >= 0.3 is 0 Å². The molecule has 1 aromatic heterocycles. The SMILES string of the molecule is CN(Cc1ccc(Cl)s1)Cc1ccc(N)cc1Br. The zero-order valence-electron chi connectivity index (χ0n) is 9.99. The van der Waals surface area contributed by atoms with Crippen molar-refractivity contribution < 1.29 is 0 Å². The zero-order chi connectivity index (χ0) is 13.1. The van der Waals surface area contributed by atoms with Gasteiger partial charge in [0.1, 0.15) is 0 Å². The molecule has 18 heavy (non-hydrogen) atoms. The Morgan fingerprint density at radius 3 is 2.67 bits per heavy atom. The maximum atomic E-state index is 5.93. The number of halogens is 2. The molecule has 0 aliphatic rings. The third-order valence-electron chi connectivity index (χ3n) is 2.57. The number of benzene rings is 1. The Morgan fingerprint density at radius 1 is 1.28 bits per heavy atom. The molecule has 0 radical (unpaired) electrons. The average Bonchev–Trinajstić information content (AvgIpc) is 2.68. The smallest absolute Gasteiger partial charge is 0.0931 e. The second kappa shape index (κ2) is 6.06. The van der Waals surface area contributed by atoms with E-state index in [4.69, 9.17) is 17.3 Å². The highest BCUT2D eigenvalue weighted by Crippen LogP contribution is 2.24. The summed E-state index contributed by atoms with van der Waals surface area (Å²) in [6.45, 7) is 1.77. The predicted molar refractivity (Wildman–Crippen MR) is 83.1 cm³/mol. The van der Waals surface area contributed by atoms with Gasteiger partial charge in [0.15, 0.2) is 0 Å². The first-order valence-corrected chi connectivity index (χ1v) is 7.50. The van der Waals surface area contributed by atoms with Crippen LogP contribution in [0.3, 0.4) is 0 Å². The van der Waals surface area contributed by atoms with Gasteiger partial charge < -0.3 is 5.73 Å². The molecule has 0 fully saturated rings. The fourth-order valence-corrected chi connectivity index (χ4v) is 3.43. The molecule has 0 aliphatic heterocycles. The van der Waals surface area contributed by atoms with E-state index >= 15 is 0 Å². The molecule has 2 nitrogen and oxygen atoms in total. The largest absolute Gasteiger partial charge is 0.399 e. The molecule has 96 valence electrons. The summed E-state index contributed by atoms with van der Waals surface area (Å²) in [6, 6.07) is 9.93. The number of thiophene rings is 1. The predicted octanol–water partition coefficient (Wildman–Crippen LogP) is 4.38. The van der Waals surface area contributed by atoms with E-state index in [1.54, 1.807) is 11.3 Å². The van der Waals surface area contributed by atoms with E-state index in [1.165, 1.54) is 10.4 Å². The van der Waals surface area contributed by atoms with Crippen molar-refractivity contribution in [3.8, 4) is 0 Å². The van der Waals surface area contributed by atoms with Gasteiger partial charge in [0.25, 0.3) is 0 Å². The van der Waals surface area contributed by atoms with Crippen LogP contribution in [0.15, 0.2) is 34.8 Å². The van der Waals surface area contributed by atoms with Crippen molar-refractivity contribution in [2.75, 3.05) is 12.8 Å². The van der Waals surface area contributed by atoms with Gasteiger partial charge in [0.2, 0.25) is 0 Å². The molecule has 0 saturated carbocycles. The van der Waals surface area contributed by atoms with Gasteiger partial charge in [-0.2, -0.15) is 0 Å². The summed E-state index contributed by atoms with van der Waals surface area (Å²) >= 11 is 11.1. The molecule has 5 heteroatoms. The number of anilines is 1. The molecule has 2 rings (SSSR count). The molecular formula is C13H14BrClN2S. The van der Waals surface area contributed by atoms with Gasteiger partial charge in [0, 0.05) is 28.1 Å². The van der Waals surface area contributed by atoms with Crippen LogP contribution in [0.5, 0.6) is 0 Å². The number of hydrogen-bond donors (Lipinski definition) is 1. The summed E-state index contributed by atoms with van der Waals surface area (Å²) in [7, 11) is 2.09. The summed E-state index contributed by atoms with van der Waals surface area (Å²) in [4.78, 5) is 3.52. The van der Waals surface area contributed by atoms with Gasteiger partial charge in [-0.1, -0.05) is 33.6 Å². The van der Waals surface area contributed by atoms with Gasteiger partial charge in [-0.25, -0.2) is 0 Å². The monoisotopic (exact) mass is 344 g/mol. The van der Waals surface area contributed by atoms with Crippen LogP contribution in [0.25, 0.3) is 0 Å². The zero-order valence-corrected chi connectivity index (χ0v) is 13.1. The third kappa shape index (κ3) is 3.72. The molecule has 1 heterocycles. The highest BCUT2D eigenvalue weighted by Gasteiger charge is 2.07. The van der Waals surface area contributed by atoms with Crippen LogP contribution in [-0.2, 0) is 13.1 Å². The molecule has 2 N–H and O–H groups in total. The van der Waals surface area contributed by atoms with Crippen LogP contribution in [0.4, 0.5) is 5.69 Å². The number of nitrogens with zero attached hydrogens (tertiary/aromatic N) is 1. The lowest BCUT2D eigenvalue weighted by molar-refractivity contribution is 0.321. The second-order valence-electron chi connectivity index (χ2n) is 4.23. The normalized spacial score (nSPS) is 11.1. The standard InChI is InChI=1S/C13H14BrClN2S/c1-17(8-11-4-5-13(15)18-11)7-9-2-3-10(16)6-12(9)14/h2-6H,7-8,16H2,1H3. The average molecular weight is 346 g/mol. The maximum absolute atomic E-state index is 5.93. The first kappa shape index (κ1) is 13.9. The number of nitrogens with two attached hydrogens (primary N) is 1. The molecule has 2 aromatic rings. The van der Waals surface area contributed by atoms with Crippen LogP contribution in [-0.4, -0.2) is 11.9 Å². The van der Waals surface area contributed by atoms with Crippen LogP contribution in [0, 0.1) is 0 Å². The van der Waals surface area contributed by atoms with E-state index < -0.39 is 0 Å². The molecule has 1 aromatic carbocycles. The molecule has 0 spiro atoms. The third-order valence-corrected chi connectivity index (χ3v) is 4.53. The van der Waals surface area contributed by atoms with Gasteiger partial charge in [-0.3, -0.25) is 4.90 Å². The van der Waals surface area contributed by atoms with Crippen molar-refractivity contribution in [3.63, 3.8) is 0 Å². The summed E-state index contributed by atoms with van der Waals surface area (Å²) in [5.74, 6) is 0. The number of rotatable bonds is 4. The molecule has 0 atom stereocenters. The minimum atomic E-state index is 0.776. The van der Waals surface area contributed by atoms with Gasteiger partial charge in [-0.05, 0) is 36.9 Å². The molecule has 0 bridgehead atoms. The van der Waals surface area contributed by atoms with Crippen LogP contribution >= 0.6 is 38.9 Å². The fourth-order valence-electron chi connectivity index (χ4n) is 1.74. The van der Waals surface area contributed by atoms with E-state index in [2.05, 4.69) is 40.0 Å². The van der Waals surface area contributed by atoms with Gasteiger partial charge in [0.05, 0.1) is 4.34 Å². The molecule has 0 unspecified atom stereocenters. The lowest BCUT2D eigenvalue weighted by atomic mass is 10.2. The van der Waals surface area contributed by atoms with Crippen LogP contribution in [0.1, 0.15) is 10.4 Å². The lowest BCUT2D eigenvalue weighted by Gasteiger charge is -2.16. The first-order valence-electron chi connectivity index (χ1n) is 5.51. The van der Waals surface area contributed by atoms with Crippen molar-refractivity contribution in [2.24, 2.45) is 0 Å². The maximum Gasteiger partial charge on any atom is 0.0931 e. The molecule has 0 aliphatic carbocycles. The quantitative estimate of drug-likeness (QED) is 0.833. The summed E-state index contributed by atoms with van der Waals surface area (Å²) < 4.78 is 1.89. The highest BCUT2D eigenvalue weighted by atomic mass is 79.9. The molecule has 0 saturated heterocycles. The Balaban J connectivity index is 2.00. The number of hydrogen-bond acceptors (Lipinski definition) is 3. The topological polar surface area (TPSA) is 29.3 Å². The Bertz CT molecular complexity index is 542. The highest BCUT2D eigenvalue weighted by molar-refractivity contribution is 9.10. The second-order valence-corrected chi connectivity index (χ2v) is 6.88. The summed E-state index contributed by atoms with van der Waals surface area (Å²) in [5, 5.41) is 0. The van der Waals surface area contributed by atoms with E-state index in [0.29, 0.717) is 0 Å². The molecular weight excluding hydrogens is 332 g/mol. The minimum absolute atomic E-state index is 0.776. The van der Waals surface area contributed by atoms with E-state index in [0.717, 1.165) is 27.6 Å². The van der Waals surface area contributed by atoms with Crippen molar-refractivity contribution >= 4 is 44.6 Å².